The van der Waals surface area contributed by atoms with Gasteiger partial charge in [-0.05, 0) is 38.7 Å². The zero-order chi connectivity index (χ0) is 18.1. The van der Waals surface area contributed by atoms with Crippen LogP contribution in [0.3, 0.4) is 0 Å². The number of carboxylic acid groups (broad SMARTS) is 1. The minimum Gasteiger partial charge on any atom is -0.465 e. The van der Waals surface area contributed by atoms with E-state index in [1.54, 1.807) is 6.07 Å². The molecule has 4 heteroatoms. The van der Waals surface area contributed by atoms with Gasteiger partial charge < -0.3 is 10.2 Å². The van der Waals surface area contributed by atoms with Gasteiger partial charge in [0.15, 0.2) is 0 Å². The number of carbonyl (C=O) groups is 1. The largest absolute Gasteiger partial charge is 0.465 e. The quantitative estimate of drug-likeness (QED) is 0.476. The number of aliphatic hydroxyl groups is 1. The first-order chi connectivity index (χ1) is 12.7. The van der Waals surface area contributed by atoms with E-state index < -0.39 is 6.09 Å². The number of hydrogen-bond donors (Lipinski definition) is 3. The lowest BCUT2D eigenvalue weighted by molar-refractivity contribution is 0.210. The van der Waals surface area contributed by atoms with E-state index in [9.17, 15) is 15.0 Å². The predicted molar refractivity (Wildman–Crippen MR) is 104 cm³/mol. The minimum absolute atomic E-state index is 0.129. The van der Waals surface area contributed by atoms with Crippen molar-refractivity contribution >= 4 is 33.3 Å². The van der Waals surface area contributed by atoms with Gasteiger partial charge in [-0.1, -0.05) is 66.7 Å². The molecule has 0 aliphatic rings. The second-order valence-corrected chi connectivity index (χ2v) is 6.12. The Morgan fingerprint density at radius 2 is 1.35 bits per heavy atom. The third kappa shape index (κ3) is 2.66. The van der Waals surface area contributed by atoms with Gasteiger partial charge in [-0.3, -0.25) is 5.32 Å². The number of hydrogen-bond acceptors (Lipinski definition) is 2. The van der Waals surface area contributed by atoms with Crippen LogP contribution in [0.4, 0.5) is 10.5 Å². The van der Waals surface area contributed by atoms with Gasteiger partial charge in [0, 0.05) is 5.56 Å². The number of amides is 1. The topological polar surface area (TPSA) is 69.6 Å². The molecule has 0 aliphatic heterocycles. The van der Waals surface area contributed by atoms with Crippen molar-refractivity contribution < 1.29 is 15.0 Å². The Balaban J connectivity index is 2.17. The van der Waals surface area contributed by atoms with Crippen molar-refractivity contribution in [2.45, 2.75) is 6.61 Å². The summed E-state index contributed by atoms with van der Waals surface area (Å²) < 4.78 is 0. The molecule has 0 fully saturated rings. The van der Waals surface area contributed by atoms with E-state index in [-0.39, 0.29) is 6.61 Å². The highest BCUT2D eigenvalue weighted by atomic mass is 16.4. The Hall–Kier alpha value is -3.37. The molecule has 128 valence electrons. The molecule has 0 atom stereocenters. The van der Waals surface area contributed by atoms with Crippen LogP contribution in [0.2, 0.25) is 0 Å². The lowest BCUT2D eigenvalue weighted by Gasteiger charge is -2.18. The van der Waals surface area contributed by atoms with Crippen molar-refractivity contribution in [1.29, 1.82) is 0 Å². The molecule has 4 aromatic rings. The van der Waals surface area contributed by atoms with Crippen LogP contribution in [0.5, 0.6) is 0 Å². The maximum absolute atomic E-state index is 11.3. The summed E-state index contributed by atoms with van der Waals surface area (Å²) in [6, 6.07) is 23.3. The van der Waals surface area contributed by atoms with Gasteiger partial charge in [0.05, 0.1) is 12.3 Å². The first-order valence-corrected chi connectivity index (χ1v) is 8.32. The molecule has 0 aliphatic carbocycles. The van der Waals surface area contributed by atoms with Crippen LogP contribution >= 0.6 is 0 Å². The smallest absolute Gasteiger partial charge is 0.409 e. The van der Waals surface area contributed by atoms with E-state index >= 15 is 0 Å². The molecule has 0 saturated carbocycles. The van der Waals surface area contributed by atoms with Crippen LogP contribution in [0.15, 0.2) is 72.8 Å². The molecule has 3 N–H and O–H groups in total. The van der Waals surface area contributed by atoms with Crippen molar-refractivity contribution in [2.75, 3.05) is 5.32 Å². The fourth-order valence-corrected chi connectivity index (χ4v) is 3.50. The van der Waals surface area contributed by atoms with Gasteiger partial charge in [-0.25, -0.2) is 4.79 Å². The molecule has 4 aromatic carbocycles. The van der Waals surface area contributed by atoms with Crippen molar-refractivity contribution in [3.8, 4) is 11.1 Å². The third-order valence-electron chi connectivity index (χ3n) is 4.61. The molecular weight excluding hydrogens is 326 g/mol. The van der Waals surface area contributed by atoms with Crippen LogP contribution in [-0.4, -0.2) is 16.3 Å². The Bertz CT molecular complexity index is 1130. The molecule has 0 unspecified atom stereocenters. The molecule has 0 bridgehead atoms. The second kappa shape index (κ2) is 6.50. The van der Waals surface area contributed by atoms with E-state index in [0.29, 0.717) is 5.69 Å². The van der Waals surface area contributed by atoms with Gasteiger partial charge in [-0.15, -0.1) is 0 Å². The average Bonchev–Trinajstić information content (AvgIpc) is 2.67. The second-order valence-electron chi connectivity index (χ2n) is 6.12. The maximum Gasteiger partial charge on any atom is 0.409 e. The Kier molecular flexibility index (Phi) is 4.03. The standard InChI is InChI=1S/C22H17NO3/c24-13-16-10-9-14-5-1-3-7-17(14)20(16)21-18-8-4-2-6-15(18)11-12-19(21)23-22(25)26/h1-12,23-24H,13H2,(H,25,26). The number of fused-ring (bicyclic) bond motifs is 2. The van der Waals surface area contributed by atoms with E-state index in [1.165, 1.54) is 0 Å². The van der Waals surface area contributed by atoms with Gasteiger partial charge in [0.1, 0.15) is 0 Å². The highest BCUT2D eigenvalue weighted by Crippen LogP contribution is 2.41. The Labute approximate surface area is 150 Å². The molecule has 0 spiro atoms. The fraction of sp³-hybridized carbons (Fsp3) is 0.0455. The highest BCUT2D eigenvalue weighted by molar-refractivity contribution is 6.12. The van der Waals surface area contributed by atoms with E-state index in [4.69, 9.17) is 0 Å². The van der Waals surface area contributed by atoms with E-state index in [0.717, 1.165) is 38.2 Å². The van der Waals surface area contributed by atoms with Crippen molar-refractivity contribution in [3.63, 3.8) is 0 Å². The molecule has 0 aromatic heterocycles. The summed E-state index contributed by atoms with van der Waals surface area (Å²) in [4.78, 5) is 11.3. The number of rotatable bonds is 3. The molecule has 4 rings (SSSR count). The monoisotopic (exact) mass is 343 g/mol. The molecule has 26 heavy (non-hydrogen) atoms. The zero-order valence-electron chi connectivity index (χ0n) is 13.9. The van der Waals surface area contributed by atoms with Crippen molar-refractivity contribution in [1.82, 2.24) is 0 Å². The van der Waals surface area contributed by atoms with Gasteiger partial charge >= 0.3 is 6.09 Å². The number of nitrogens with one attached hydrogen (secondary N) is 1. The van der Waals surface area contributed by atoms with Crippen LogP contribution in [-0.2, 0) is 6.61 Å². The average molecular weight is 343 g/mol. The minimum atomic E-state index is -1.12. The molecular formula is C22H17NO3. The number of aliphatic hydroxyl groups excluding tert-OH is 1. The van der Waals surface area contributed by atoms with E-state index in [1.807, 2.05) is 66.7 Å². The summed E-state index contributed by atoms with van der Waals surface area (Å²) in [5.74, 6) is 0. The van der Waals surface area contributed by atoms with Crippen molar-refractivity contribution in [2.24, 2.45) is 0 Å². The normalized spacial score (nSPS) is 11.0. The van der Waals surface area contributed by atoms with Gasteiger partial charge in [0.25, 0.3) is 0 Å². The Morgan fingerprint density at radius 3 is 1.96 bits per heavy atom. The maximum atomic E-state index is 11.3. The predicted octanol–water partition coefficient (Wildman–Crippen LogP) is 5.24. The lowest BCUT2D eigenvalue weighted by atomic mass is 9.89. The van der Waals surface area contributed by atoms with Crippen molar-refractivity contribution in [3.05, 3.63) is 78.4 Å². The Morgan fingerprint density at radius 1 is 0.769 bits per heavy atom. The lowest BCUT2D eigenvalue weighted by Crippen LogP contribution is -2.09. The first kappa shape index (κ1) is 16.1. The highest BCUT2D eigenvalue weighted by Gasteiger charge is 2.17. The fourth-order valence-electron chi connectivity index (χ4n) is 3.50. The number of anilines is 1. The first-order valence-electron chi connectivity index (χ1n) is 8.32. The molecule has 4 nitrogen and oxygen atoms in total. The third-order valence-corrected chi connectivity index (χ3v) is 4.61. The SMILES string of the molecule is O=C(O)Nc1ccc2ccccc2c1-c1c(CO)ccc2ccccc12. The molecule has 1 amide bonds. The van der Waals surface area contributed by atoms with Crippen LogP contribution in [0, 0.1) is 0 Å². The molecule has 0 radical (unpaired) electrons. The zero-order valence-corrected chi connectivity index (χ0v) is 13.9. The summed E-state index contributed by atoms with van der Waals surface area (Å²) in [5.41, 5.74) is 2.90. The van der Waals surface area contributed by atoms with Crippen LogP contribution in [0.25, 0.3) is 32.7 Å². The summed E-state index contributed by atoms with van der Waals surface area (Å²) in [6.45, 7) is -0.129. The molecule has 0 heterocycles. The van der Waals surface area contributed by atoms with E-state index in [2.05, 4.69) is 5.32 Å². The summed E-state index contributed by atoms with van der Waals surface area (Å²) in [7, 11) is 0. The summed E-state index contributed by atoms with van der Waals surface area (Å²) in [5, 5.41) is 25.7. The van der Waals surface area contributed by atoms with Gasteiger partial charge in [0.2, 0.25) is 0 Å². The van der Waals surface area contributed by atoms with Crippen LogP contribution < -0.4 is 5.32 Å². The molecule has 0 saturated heterocycles. The van der Waals surface area contributed by atoms with Gasteiger partial charge in [-0.2, -0.15) is 0 Å². The van der Waals surface area contributed by atoms with Crippen LogP contribution in [0.1, 0.15) is 5.56 Å². The summed E-state index contributed by atoms with van der Waals surface area (Å²) >= 11 is 0. The number of benzene rings is 4. The summed E-state index contributed by atoms with van der Waals surface area (Å²) in [6.07, 6.45) is -1.12.